The number of sulfone groups is 1. The average molecular weight is 376 g/mol. The average Bonchev–Trinajstić information content (AvgIpc) is 2.48. The van der Waals surface area contributed by atoms with E-state index in [1.165, 1.54) is 48.5 Å². The van der Waals surface area contributed by atoms with Gasteiger partial charge in [-0.25, -0.2) is 8.42 Å². The predicted octanol–water partition coefficient (Wildman–Crippen LogP) is 3.35. The zero-order valence-electron chi connectivity index (χ0n) is 12.1. The van der Waals surface area contributed by atoms with Crippen LogP contribution in [0.5, 0.6) is 5.75 Å². The van der Waals surface area contributed by atoms with Crippen molar-refractivity contribution in [2.75, 3.05) is 11.1 Å². The second-order valence-corrected chi connectivity index (χ2v) is 7.06. The summed E-state index contributed by atoms with van der Waals surface area (Å²) in [6, 6.07) is 10.8. The van der Waals surface area contributed by atoms with Gasteiger partial charge in [-0.1, -0.05) is 23.7 Å². The number of amides is 1. The SMILES string of the molecule is O=C(CS(=O)(=O)c1ccc(Cl)cc1)Nc1ccccc1OC(F)F. The van der Waals surface area contributed by atoms with Crippen LogP contribution < -0.4 is 10.1 Å². The Morgan fingerprint density at radius 1 is 1.12 bits per heavy atom. The lowest BCUT2D eigenvalue weighted by Crippen LogP contribution is -2.23. The van der Waals surface area contributed by atoms with Crippen LogP contribution in [0.1, 0.15) is 0 Å². The van der Waals surface area contributed by atoms with Crippen LogP contribution in [0, 0.1) is 0 Å². The number of para-hydroxylation sites is 2. The number of hydrogen-bond donors (Lipinski definition) is 1. The summed E-state index contributed by atoms with van der Waals surface area (Å²) in [6.45, 7) is -3.07. The highest BCUT2D eigenvalue weighted by atomic mass is 35.5. The molecule has 24 heavy (non-hydrogen) atoms. The van der Waals surface area contributed by atoms with Crippen molar-refractivity contribution in [2.45, 2.75) is 11.5 Å². The van der Waals surface area contributed by atoms with Crippen molar-refractivity contribution in [1.82, 2.24) is 0 Å². The van der Waals surface area contributed by atoms with E-state index >= 15 is 0 Å². The van der Waals surface area contributed by atoms with Gasteiger partial charge in [0, 0.05) is 5.02 Å². The van der Waals surface area contributed by atoms with Crippen LogP contribution in [0.25, 0.3) is 0 Å². The summed E-state index contributed by atoms with van der Waals surface area (Å²) in [5.41, 5.74) is -0.0471. The molecule has 0 fully saturated rings. The summed E-state index contributed by atoms with van der Waals surface area (Å²) in [6.07, 6.45) is 0. The molecule has 0 heterocycles. The molecule has 0 bridgehead atoms. The van der Waals surface area contributed by atoms with Gasteiger partial charge in [-0.2, -0.15) is 8.78 Å². The largest absolute Gasteiger partial charge is 0.433 e. The van der Waals surface area contributed by atoms with Crippen LogP contribution in [-0.4, -0.2) is 26.7 Å². The second kappa shape index (κ2) is 7.59. The number of anilines is 1. The van der Waals surface area contributed by atoms with Crippen molar-refractivity contribution in [3.05, 3.63) is 53.6 Å². The van der Waals surface area contributed by atoms with Gasteiger partial charge in [-0.15, -0.1) is 0 Å². The Labute approximate surface area is 142 Å². The number of benzene rings is 2. The summed E-state index contributed by atoms with van der Waals surface area (Å²) in [7, 11) is -3.89. The summed E-state index contributed by atoms with van der Waals surface area (Å²) in [4.78, 5) is 11.9. The molecule has 5 nitrogen and oxygen atoms in total. The van der Waals surface area contributed by atoms with Crippen molar-refractivity contribution in [2.24, 2.45) is 0 Å². The maximum Gasteiger partial charge on any atom is 0.387 e. The van der Waals surface area contributed by atoms with Gasteiger partial charge in [-0.3, -0.25) is 4.79 Å². The molecular weight excluding hydrogens is 364 g/mol. The number of rotatable bonds is 6. The van der Waals surface area contributed by atoms with Crippen molar-refractivity contribution in [3.63, 3.8) is 0 Å². The highest BCUT2D eigenvalue weighted by molar-refractivity contribution is 7.92. The number of nitrogens with one attached hydrogen (secondary N) is 1. The molecule has 0 aliphatic carbocycles. The molecule has 2 aromatic carbocycles. The van der Waals surface area contributed by atoms with E-state index < -0.39 is 28.1 Å². The Kier molecular flexibility index (Phi) is 5.74. The van der Waals surface area contributed by atoms with E-state index in [1.54, 1.807) is 0 Å². The Morgan fingerprint density at radius 2 is 1.75 bits per heavy atom. The first-order valence-corrected chi connectivity index (χ1v) is 8.63. The third kappa shape index (κ3) is 4.90. The fourth-order valence-electron chi connectivity index (χ4n) is 1.85. The lowest BCUT2D eigenvalue weighted by Gasteiger charge is -2.11. The van der Waals surface area contributed by atoms with Gasteiger partial charge in [0.2, 0.25) is 5.91 Å². The van der Waals surface area contributed by atoms with Crippen molar-refractivity contribution >= 4 is 33.0 Å². The lowest BCUT2D eigenvalue weighted by molar-refractivity contribution is -0.114. The summed E-state index contributed by atoms with van der Waals surface area (Å²) < 4.78 is 53.2. The highest BCUT2D eigenvalue weighted by Gasteiger charge is 2.20. The third-order valence-electron chi connectivity index (χ3n) is 2.87. The van der Waals surface area contributed by atoms with E-state index in [-0.39, 0.29) is 16.3 Å². The fraction of sp³-hybridized carbons (Fsp3) is 0.133. The molecule has 0 radical (unpaired) electrons. The van der Waals surface area contributed by atoms with Gasteiger partial charge in [-0.05, 0) is 36.4 Å². The molecule has 2 rings (SSSR count). The second-order valence-electron chi connectivity index (χ2n) is 4.64. The van der Waals surface area contributed by atoms with Gasteiger partial charge in [0.05, 0.1) is 10.6 Å². The van der Waals surface area contributed by atoms with Crippen LogP contribution in [0.3, 0.4) is 0 Å². The standard InChI is InChI=1S/C15H12ClF2NO4S/c16-10-5-7-11(8-6-10)24(21,22)9-14(20)19-12-3-1-2-4-13(12)23-15(17)18/h1-8,15H,9H2,(H,19,20). The Morgan fingerprint density at radius 3 is 2.38 bits per heavy atom. The monoisotopic (exact) mass is 375 g/mol. The zero-order chi connectivity index (χ0) is 17.7. The summed E-state index contributed by atoms with van der Waals surface area (Å²) in [5.74, 6) is -1.99. The number of ether oxygens (including phenoxy) is 1. The van der Waals surface area contributed by atoms with Crippen molar-refractivity contribution in [3.8, 4) is 5.75 Å². The van der Waals surface area contributed by atoms with Crippen LogP contribution in [0.2, 0.25) is 5.02 Å². The van der Waals surface area contributed by atoms with Gasteiger partial charge >= 0.3 is 6.61 Å². The Balaban J connectivity index is 2.12. The molecule has 0 atom stereocenters. The van der Waals surface area contributed by atoms with Crippen molar-refractivity contribution in [1.29, 1.82) is 0 Å². The molecule has 0 unspecified atom stereocenters. The molecule has 0 aromatic heterocycles. The van der Waals surface area contributed by atoms with Gasteiger partial charge in [0.25, 0.3) is 0 Å². The van der Waals surface area contributed by atoms with Crippen LogP contribution in [-0.2, 0) is 14.6 Å². The molecule has 1 N–H and O–H groups in total. The quantitative estimate of drug-likeness (QED) is 0.840. The number of hydrogen-bond acceptors (Lipinski definition) is 4. The van der Waals surface area contributed by atoms with E-state index in [0.717, 1.165) is 0 Å². The maximum absolute atomic E-state index is 12.3. The first kappa shape index (κ1) is 18.2. The number of carbonyl (C=O) groups excluding carboxylic acids is 1. The van der Waals surface area contributed by atoms with Crippen LogP contribution >= 0.6 is 11.6 Å². The van der Waals surface area contributed by atoms with Gasteiger partial charge in [0.1, 0.15) is 11.5 Å². The van der Waals surface area contributed by atoms with E-state index in [1.807, 2.05) is 0 Å². The molecule has 9 heteroatoms. The van der Waals surface area contributed by atoms with Crippen LogP contribution in [0.4, 0.5) is 14.5 Å². The van der Waals surface area contributed by atoms with Gasteiger partial charge < -0.3 is 10.1 Å². The topological polar surface area (TPSA) is 72.5 Å². The summed E-state index contributed by atoms with van der Waals surface area (Å²) >= 11 is 5.68. The molecule has 1 amide bonds. The molecular formula is C15H12ClF2NO4S. The number of alkyl halides is 2. The predicted molar refractivity (Wildman–Crippen MR) is 85.2 cm³/mol. The highest BCUT2D eigenvalue weighted by Crippen LogP contribution is 2.25. The molecule has 0 spiro atoms. The van der Waals surface area contributed by atoms with E-state index in [9.17, 15) is 22.0 Å². The minimum absolute atomic E-state index is 0.0471. The normalized spacial score (nSPS) is 11.3. The van der Waals surface area contributed by atoms with E-state index in [2.05, 4.69) is 10.1 Å². The molecule has 0 aliphatic rings. The lowest BCUT2D eigenvalue weighted by atomic mass is 10.3. The molecule has 0 aliphatic heterocycles. The number of carbonyl (C=O) groups is 1. The zero-order valence-corrected chi connectivity index (χ0v) is 13.7. The number of halogens is 3. The smallest absolute Gasteiger partial charge is 0.387 e. The Hall–Kier alpha value is -2.19. The Bertz CT molecular complexity index is 826. The molecule has 0 saturated heterocycles. The molecule has 128 valence electrons. The molecule has 0 saturated carbocycles. The summed E-state index contributed by atoms with van der Waals surface area (Å²) in [5, 5.41) is 2.61. The fourth-order valence-corrected chi connectivity index (χ4v) is 3.11. The molecule has 2 aromatic rings. The maximum atomic E-state index is 12.3. The third-order valence-corrected chi connectivity index (χ3v) is 4.76. The first-order valence-electron chi connectivity index (χ1n) is 6.60. The van der Waals surface area contributed by atoms with E-state index in [4.69, 9.17) is 11.6 Å². The first-order chi connectivity index (χ1) is 11.3. The van der Waals surface area contributed by atoms with E-state index in [0.29, 0.717) is 5.02 Å². The van der Waals surface area contributed by atoms with Crippen molar-refractivity contribution < 1.29 is 26.7 Å². The minimum atomic E-state index is -3.89. The van der Waals surface area contributed by atoms with Gasteiger partial charge in [0.15, 0.2) is 9.84 Å². The minimum Gasteiger partial charge on any atom is -0.433 e. The van der Waals surface area contributed by atoms with Crippen LogP contribution in [0.15, 0.2) is 53.4 Å².